The summed E-state index contributed by atoms with van der Waals surface area (Å²) in [7, 11) is 0. The van der Waals surface area contributed by atoms with E-state index in [1.54, 1.807) is 11.3 Å². The van der Waals surface area contributed by atoms with Gasteiger partial charge in [-0.25, -0.2) is 0 Å². The Labute approximate surface area is 115 Å². The molecule has 2 N–H and O–H groups in total. The standard InChI is InChI=1S/C15H12ClNS/c16-12-7-3-2-6-11(12)15(17)14-9-10-5-1-4-8-13(10)18-14/h1-9,15H,17H2. The molecule has 0 aliphatic heterocycles. The molecular weight excluding hydrogens is 262 g/mol. The van der Waals surface area contributed by atoms with Gasteiger partial charge in [-0.2, -0.15) is 0 Å². The second-order valence-corrected chi connectivity index (χ2v) is 5.71. The van der Waals surface area contributed by atoms with Crippen LogP contribution in [0, 0.1) is 0 Å². The van der Waals surface area contributed by atoms with Crippen molar-refractivity contribution in [1.29, 1.82) is 0 Å². The Morgan fingerprint density at radius 2 is 1.72 bits per heavy atom. The van der Waals surface area contributed by atoms with Crippen LogP contribution in [0.15, 0.2) is 54.6 Å². The maximum atomic E-state index is 6.31. The second-order valence-electron chi connectivity index (χ2n) is 4.19. The zero-order valence-corrected chi connectivity index (χ0v) is 11.2. The van der Waals surface area contributed by atoms with Gasteiger partial charge in [-0.05, 0) is 29.1 Å². The lowest BCUT2D eigenvalue weighted by molar-refractivity contribution is 0.894. The molecule has 18 heavy (non-hydrogen) atoms. The number of hydrogen-bond donors (Lipinski definition) is 1. The molecule has 1 unspecified atom stereocenters. The third kappa shape index (κ3) is 2.03. The SMILES string of the molecule is NC(c1cc2ccccc2s1)c1ccccc1Cl. The first kappa shape index (κ1) is 11.7. The molecule has 90 valence electrons. The number of hydrogen-bond acceptors (Lipinski definition) is 2. The minimum Gasteiger partial charge on any atom is -0.320 e. The lowest BCUT2D eigenvalue weighted by Gasteiger charge is -2.11. The molecule has 0 spiro atoms. The van der Waals surface area contributed by atoms with Crippen LogP contribution in [0.3, 0.4) is 0 Å². The topological polar surface area (TPSA) is 26.0 Å². The van der Waals surface area contributed by atoms with Gasteiger partial charge in [0.1, 0.15) is 0 Å². The third-order valence-electron chi connectivity index (χ3n) is 2.99. The first-order chi connectivity index (χ1) is 8.75. The molecule has 2 aromatic carbocycles. The lowest BCUT2D eigenvalue weighted by atomic mass is 10.1. The fourth-order valence-electron chi connectivity index (χ4n) is 2.04. The average molecular weight is 274 g/mol. The molecule has 0 aliphatic carbocycles. The van der Waals surface area contributed by atoms with E-state index in [2.05, 4.69) is 18.2 Å². The predicted molar refractivity (Wildman–Crippen MR) is 79.3 cm³/mol. The number of rotatable bonds is 2. The molecule has 0 radical (unpaired) electrons. The highest BCUT2D eigenvalue weighted by Gasteiger charge is 2.14. The first-order valence-corrected chi connectivity index (χ1v) is 6.93. The van der Waals surface area contributed by atoms with Crippen LogP contribution in [-0.4, -0.2) is 0 Å². The zero-order valence-electron chi connectivity index (χ0n) is 9.64. The Hall–Kier alpha value is -1.35. The van der Waals surface area contributed by atoms with Crippen molar-refractivity contribution in [3.05, 3.63) is 70.1 Å². The summed E-state index contributed by atoms with van der Waals surface area (Å²) in [5, 5.41) is 1.96. The second kappa shape index (κ2) is 4.73. The minimum absolute atomic E-state index is 0.156. The maximum Gasteiger partial charge on any atom is 0.0661 e. The van der Waals surface area contributed by atoms with Crippen LogP contribution in [0.1, 0.15) is 16.5 Å². The number of benzene rings is 2. The molecule has 1 atom stereocenters. The molecular formula is C15H12ClNS. The van der Waals surface area contributed by atoms with Gasteiger partial charge in [-0.1, -0.05) is 48.0 Å². The monoisotopic (exact) mass is 273 g/mol. The van der Waals surface area contributed by atoms with Gasteiger partial charge in [0.15, 0.2) is 0 Å². The van der Waals surface area contributed by atoms with E-state index in [-0.39, 0.29) is 6.04 Å². The van der Waals surface area contributed by atoms with E-state index < -0.39 is 0 Å². The molecule has 0 saturated carbocycles. The summed E-state index contributed by atoms with van der Waals surface area (Å²) >= 11 is 7.92. The fraction of sp³-hybridized carbons (Fsp3) is 0.0667. The molecule has 3 aromatic rings. The molecule has 0 aliphatic rings. The van der Waals surface area contributed by atoms with Gasteiger partial charge in [0.05, 0.1) is 6.04 Å². The number of fused-ring (bicyclic) bond motifs is 1. The molecule has 1 aromatic heterocycles. The largest absolute Gasteiger partial charge is 0.320 e. The van der Waals surface area contributed by atoms with Crippen molar-refractivity contribution in [1.82, 2.24) is 0 Å². The zero-order chi connectivity index (χ0) is 12.5. The van der Waals surface area contributed by atoms with E-state index in [1.807, 2.05) is 36.4 Å². The van der Waals surface area contributed by atoms with E-state index in [4.69, 9.17) is 17.3 Å². The van der Waals surface area contributed by atoms with Gasteiger partial charge in [0, 0.05) is 14.6 Å². The van der Waals surface area contributed by atoms with Crippen molar-refractivity contribution in [3.8, 4) is 0 Å². The maximum absolute atomic E-state index is 6.31. The Balaban J connectivity index is 2.07. The summed E-state index contributed by atoms with van der Waals surface area (Å²) in [5.74, 6) is 0. The summed E-state index contributed by atoms with van der Waals surface area (Å²) in [6.45, 7) is 0. The van der Waals surface area contributed by atoms with Crippen LogP contribution >= 0.6 is 22.9 Å². The first-order valence-electron chi connectivity index (χ1n) is 5.74. The summed E-state index contributed by atoms with van der Waals surface area (Å²) in [6, 6.07) is 18.0. The van der Waals surface area contributed by atoms with E-state index in [0.29, 0.717) is 0 Å². The van der Waals surface area contributed by atoms with Crippen molar-refractivity contribution < 1.29 is 0 Å². The molecule has 3 heteroatoms. The minimum atomic E-state index is -0.156. The highest BCUT2D eigenvalue weighted by Crippen LogP contribution is 2.33. The van der Waals surface area contributed by atoms with Gasteiger partial charge >= 0.3 is 0 Å². The Morgan fingerprint density at radius 1 is 1.00 bits per heavy atom. The molecule has 0 bridgehead atoms. The van der Waals surface area contributed by atoms with E-state index >= 15 is 0 Å². The summed E-state index contributed by atoms with van der Waals surface area (Å²) in [6.07, 6.45) is 0. The highest BCUT2D eigenvalue weighted by atomic mass is 35.5. The van der Waals surface area contributed by atoms with Crippen LogP contribution in [0.5, 0.6) is 0 Å². The van der Waals surface area contributed by atoms with Crippen molar-refractivity contribution in [2.75, 3.05) is 0 Å². The third-order valence-corrected chi connectivity index (χ3v) is 4.53. The smallest absolute Gasteiger partial charge is 0.0661 e. The van der Waals surface area contributed by atoms with Crippen LogP contribution in [0.25, 0.3) is 10.1 Å². The van der Waals surface area contributed by atoms with Crippen molar-refractivity contribution in [3.63, 3.8) is 0 Å². The summed E-state index contributed by atoms with van der Waals surface area (Å²) in [5.41, 5.74) is 7.28. The number of thiophene rings is 1. The van der Waals surface area contributed by atoms with Gasteiger partial charge in [-0.15, -0.1) is 11.3 Å². The van der Waals surface area contributed by atoms with Crippen molar-refractivity contribution in [2.45, 2.75) is 6.04 Å². The average Bonchev–Trinajstić information content (AvgIpc) is 2.82. The number of nitrogens with two attached hydrogens (primary N) is 1. The van der Waals surface area contributed by atoms with Crippen molar-refractivity contribution >= 4 is 33.0 Å². The predicted octanol–water partition coefficient (Wildman–Crippen LogP) is 4.60. The number of halogens is 1. The molecule has 0 saturated heterocycles. The van der Waals surface area contributed by atoms with Crippen LogP contribution in [-0.2, 0) is 0 Å². The fourth-order valence-corrected chi connectivity index (χ4v) is 3.37. The quantitative estimate of drug-likeness (QED) is 0.725. The van der Waals surface area contributed by atoms with E-state index in [9.17, 15) is 0 Å². The van der Waals surface area contributed by atoms with Gasteiger partial charge < -0.3 is 5.73 Å². The van der Waals surface area contributed by atoms with E-state index in [1.165, 1.54) is 10.1 Å². The van der Waals surface area contributed by atoms with Crippen LogP contribution in [0.2, 0.25) is 5.02 Å². The molecule has 1 heterocycles. The van der Waals surface area contributed by atoms with Crippen LogP contribution in [0.4, 0.5) is 0 Å². The van der Waals surface area contributed by atoms with Gasteiger partial charge in [0.25, 0.3) is 0 Å². The molecule has 0 fully saturated rings. The Bertz CT molecular complexity index is 657. The lowest BCUT2D eigenvalue weighted by Crippen LogP contribution is -2.10. The normalized spacial score (nSPS) is 12.8. The van der Waals surface area contributed by atoms with E-state index in [0.717, 1.165) is 15.5 Å². The Kier molecular flexibility index (Phi) is 3.08. The van der Waals surface area contributed by atoms with Crippen LogP contribution < -0.4 is 5.73 Å². The van der Waals surface area contributed by atoms with Gasteiger partial charge in [-0.3, -0.25) is 0 Å². The highest BCUT2D eigenvalue weighted by molar-refractivity contribution is 7.19. The molecule has 1 nitrogen and oxygen atoms in total. The Morgan fingerprint density at radius 3 is 2.50 bits per heavy atom. The van der Waals surface area contributed by atoms with Crippen molar-refractivity contribution in [2.24, 2.45) is 5.73 Å². The molecule has 0 amide bonds. The molecule has 3 rings (SSSR count). The van der Waals surface area contributed by atoms with Gasteiger partial charge in [0.2, 0.25) is 0 Å². The summed E-state index contributed by atoms with van der Waals surface area (Å²) in [4.78, 5) is 1.14. The summed E-state index contributed by atoms with van der Waals surface area (Å²) < 4.78 is 1.26.